The first-order chi connectivity index (χ1) is 9.95. The lowest BCUT2D eigenvalue weighted by molar-refractivity contribution is -0.384. The van der Waals surface area contributed by atoms with E-state index in [-0.39, 0.29) is 28.5 Å². The Balaban J connectivity index is 2.12. The lowest BCUT2D eigenvalue weighted by atomic mass is 10.1. The maximum Gasteiger partial charge on any atom is 0.311 e. The topological polar surface area (TPSA) is 68.1 Å². The SMILES string of the molecule is CC(Cc1ccc(F)cc1)Nc1nc(Cl)ccc1[N+](=O)[O-]. The van der Waals surface area contributed by atoms with E-state index in [4.69, 9.17) is 11.6 Å². The molecule has 0 radical (unpaired) electrons. The van der Waals surface area contributed by atoms with Crippen LogP contribution in [0.3, 0.4) is 0 Å². The van der Waals surface area contributed by atoms with Crippen LogP contribution in [0.4, 0.5) is 15.9 Å². The third-order valence-electron chi connectivity index (χ3n) is 2.87. The van der Waals surface area contributed by atoms with Gasteiger partial charge in [0.2, 0.25) is 5.82 Å². The van der Waals surface area contributed by atoms with E-state index in [0.717, 1.165) is 5.56 Å². The average Bonchev–Trinajstić information content (AvgIpc) is 2.41. The van der Waals surface area contributed by atoms with Gasteiger partial charge in [0.25, 0.3) is 0 Å². The first kappa shape index (κ1) is 15.2. The van der Waals surface area contributed by atoms with Crippen molar-refractivity contribution in [3.05, 3.63) is 63.0 Å². The van der Waals surface area contributed by atoms with Crippen LogP contribution in [0.1, 0.15) is 12.5 Å². The standard InChI is InChI=1S/C14H13ClFN3O2/c1-9(8-10-2-4-11(16)5-3-10)17-14-12(19(20)21)6-7-13(15)18-14/h2-7,9H,8H2,1H3,(H,17,18). The number of nitrogens with one attached hydrogen (secondary N) is 1. The fourth-order valence-corrected chi connectivity index (χ4v) is 2.09. The number of pyridine rings is 1. The van der Waals surface area contributed by atoms with Gasteiger partial charge in [0.15, 0.2) is 0 Å². The molecule has 1 N–H and O–H groups in total. The second-order valence-electron chi connectivity index (χ2n) is 4.63. The number of hydrogen-bond acceptors (Lipinski definition) is 4. The summed E-state index contributed by atoms with van der Waals surface area (Å²) in [4.78, 5) is 14.4. The third-order valence-corrected chi connectivity index (χ3v) is 3.09. The van der Waals surface area contributed by atoms with E-state index < -0.39 is 4.92 Å². The van der Waals surface area contributed by atoms with Gasteiger partial charge in [-0.2, -0.15) is 0 Å². The molecular weight excluding hydrogens is 297 g/mol. The summed E-state index contributed by atoms with van der Waals surface area (Å²) in [6.45, 7) is 1.86. The largest absolute Gasteiger partial charge is 0.362 e. The van der Waals surface area contributed by atoms with Crippen LogP contribution in [0.5, 0.6) is 0 Å². The Morgan fingerprint density at radius 2 is 2.00 bits per heavy atom. The quantitative estimate of drug-likeness (QED) is 0.518. The van der Waals surface area contributed by atoms with E-state index in [0.29, 0.717) is 6.42 Å². The Morgan fingerprint density at radius 1 is 1.33 bits per heavy atom. The maximum atomic E-state index is 12.8. The smallest absolute Gasteiger partial charge is 0.311 e. The molecule has 0 bridgehead atoms. The Kier molecular flexibility index (Phi) is 4.70. The van der Waals surface area contributed by atoms with Gasteiger partial charge in [-0.3, -0.25) is 10.1 Å². The minimum atomic E-state index is -0.518. The molecule has 1 aromatic heterocycles. The number of nitrogens with zero attached hydrogens (tertiary/aromatic N) is 2. The highest BCUT2D eigenvalue weighted by atomic mass is 35.5. The fraction of sp³-hybridized carbons (Fsp3) is 0.214. The second kappa shape index (κ2) is 6.49. The number of hydrogen-bond donors (Lipinski definition) is 1. The molecule has 0 saturated carbocycles. The Bertz CT molecular complexity index is 649. The molecule has 0 aliphatic heterocycles. The molecule has 0 saturated heterocycles. The summed E-state index contributed by atoms with van der Waals surface area (Å²) in [6.07, 6.45) is 0.575. The zero-order valence-electron chi connectivity index (χ0n) is 11.2. The first-order valence-electron chi connectivity index (χ1n) is 6.27. The Morgan fingerprint density at radius 3 is 2.62 bits per heavy atom. The summed E-state index contributed by atoms with van der Waals surface area (Å²) in [7, 11) is 0. The molecule has 2 aromatic rings. The summed E-state index contributed by atoms with van der Waals surface area (Å²) in [5.74, 6) is -0.173. The van der Waals surface area contributed by atoms with Gasteiger partial charge in [0, 0.05) is 12.1 Å². The van der Waals surface area contributed by atoms with Crippen LogP contribution in [0, 0.1) is 15.9 Å². The van der Waals surface area contributed by atoms with E-state index in [1.165, 1.54) is 24.3 Å². The van der Waals surface area contributed by atoms with E-state index in [2.05, 4.69) is 10.3 Å². The monoisotopic (exact) mass is 309 g/mol. The van der Waals surface area contributed by atoms with Crippen molar-refractivity contribution in [2.24, 2.45) is 0 Å². The summed E-state index contributed by atoms with van der Waals surface area (Å²) >= 11 is 5.77. The molecule has 0 aliphatic carbocycles. The van der Waals surface area contributed by atoms with Gasteiger partial charge in [0.1, 0.15) is 11.0 Å². The van der Waals surface area contributed by atoms with Gasteiger partial charge in [-0.1, -0.05) is 23.7 Å². The Labute approximate surface area is 125 Å². The van der Waals surface area contributed by atoms with Crippen molar-refractivity contribution in [3.63, 3.8) is 0 Å². The van der Waals surface area contributed by atoms with Crippen molar-refractivity contribution >= 4 is 23.1 Å². The molecule has 1 heterocycles. The van der Waals surface area contributed by atoms with Crippen molar-refractivity contribution in [2.75, 3.05) is 5.32 Å². The van der Waals surface area contributed by atoms with Gasteiger partial charge < -0.3 is 5.32 Å². The molecule has 1 atom stereocenters. The van der Waals surface area contributed by atoms with Gasteiger partial charge >= 0.3 is 5.69 Å². The van der Waals surface area contributed by atoms with Crippen molar-refractivity contribution in [2.45, 2.75) is 19.4 Å². The predicted octanol–water partition coefficient (Wildman–Crippen LogP) is 3.83. The van der Waals surface area contributed by atoms with Crippen LogP contribution in [0.25, 0.3) is 0 Å². The van der Waals surface area contributed by atoms with E-state index in [1.54, 1.807) is 12.1 Å². The number of benzene rings is 1. The van der Waals surface area contributed by atoms with Gasteiger partial charge in [-0.15, -0.1) is 0 Å². The van der Waals surface area contributed by atoms with Gasteiger partial charge in [-0.25, -0.2) is 9.37 Å². The molecule has 21 heavy (non-hydrogen) atoms. The number of nitro groups is 1. The fourth-order valence-electron chi connectivity index (χ4n) is 1.94. The molecule has 1 unspecified atom stereocenters. The molecule has 0 fully saturated rings. The average molecular weight is 310 g/mol. The molecule has 5 nitrogen and oxygen atoms in total. The number of aromatic nitrogens is 1. The van der Waals surface area contributed by atoms with Crippen LogP contribution in [0.2, 0.25) is 5.15 Å². The lowest BCUT2D eigenvalue weighted by Crippen LogP contribution is -2.19. The molecule has 2 rings (SSSR count). The molecular formula is C14H13ClFN3O2. The molecule has 1 aromatic carbocycles. The zero-order chi connectivity index (χ0) is 15.4. The molecule has 0 aliphatic rings. The van der Waals surface area contributed by atoms with Gasteiger partial charge in [0.05, 0.1) is 4.92 Å². The van der Waals surface area contributed by atoms with Crippen molar-refractivity contribution in [3.8, 4) is 0 Å². The third kappa shape index (κ3) is 4.13. The van der Waals surface area contributed by atoms with Crippen LogP contribution < -0.4 is 5.32 Å². The van der Waals surface area contributed by atoms with Crippen LogP contribution in [-0.2, 0) is 6.42 Å². The molecule has 110 valence electrons. The van der Waals surface area contributed by atoms with Crippen LogP contribution in [0.15, 0.2) is 36.4 Å². The zero-order valence-corrected chi connectivity index (χ0v) is 12.0. The van der Waals surface area contributed by atoms with Gasteiger partial charge in [-0.05, 0) is 37.1 Å². The van der Waals surface area contributed by atoms with E-state index in [1.807, 2.05) is 6.92 Å². The van der Waals surface area contributed by atoms with Crippen LogP contribution >= 0.6 is 11.6 Å². The normalized spacial score (nSPS) is 12.0. The summed E-state index contributed by atoms with van der Waals surface area (Å²) in [5, 5.41) is 14.1. The molecule has 0 spiro atoms. The minimum absolute atomic E-state index is 0.125. The molecule has 7 heteroatoms. The Hall–Kier alpha value is -2.21. The highest BCUT2D eigenvalue weighted by Gasteiger charge is 2.17. The minimum Gasteiger partial charge on any atom is -0.362 e. The highest BCUT2D eigenvalue weighted by Crippen LogP contribution is 2.25. The summed E-state index contributed by atoms with van der Waals surface area (Å²) in [6, 6.07) is 8.66. The van der Waals surface area contributed by atoms with Crippen molar-refractivity contribution in [1.82, 2.24) is 4.98 Å². The summed E-state index contributed by atoms with van der Waals surface area (Å²) < 4.78 is 12.8. The van der Waals surface area contributed by atoms with E-state index >= 15 is 0 Å². The number of rotatable bonds is 5. The van der Waals surface area contributed by atoms with Crippen LogP contribution in [-0.4, -0.2) is 15.9 Å². The number of anilines is 1. The molecule has 0 amide bonds. The second-order valence-corrected chi connectivity index (χ2v) is 5.02. The van der Waals surface area contributed by atoms with E-state index in [9.17, 15) is 14.5 Å². The first-order valence-corrected chi connectivity index (χ1v) is 6.65. The predicted molar refractivity (Wildman–Crippen MR) is 79.1 cm³/mol. The van der Waals surface area contributed by atoms with Crippen molar-refractivity contribution in [1.29, 1.82) is 0 Å². The summed E-state index contributed by atoms with van der Waals surface area (Å²) in [5.41, 5.74) is 0.784. The number of halogens is 2. The van der Waals surface area contributed by atoms with Crippen molar-refractivity contribution < 1.29 is 9.31 Å². The lowest BCUT2D eigenvalue weighted by Gasteiger charge is -2.14. The maximum absolute atomic E-state index is 12.8. The highest BCUT2D eigenvalue weighted by molar-refractivity contribution is 6.29.